The van der Waals surface area contributed by atoms with Crippen LogP contribution < -0.4 is 4.74 Å². The van der Waals surface area contributed by atoms with Gasteiger partial charge in [0.1, 0.15) is 6.10 Å². The Morgan fingerprint density at radius 1 is 1.29 bits per heavy atom. The van der Waals surface area contributed by atoms with Gasteiger partial charge in [-0.1, -0.05) is 12.1 Å². The minimum Gasteiger partial charge on any atom is -0.471 e. The predicted molar refractivity (Wildman–Crippen MR) is 75.7 cm³/mol. The normalized spacial score (nSPS) is 14.1. The number of nitriles is 1. The molecular weight excluding hydrogens is 266 g/mol. The lowest BCUT2D eigenvalue weighted by Gasteiger charge is -2.38. The monoisotopic (exact) mass is 279 g/mol. The third-order valence-electron chi connectivity index (χ3n) is 3.30. The molecule has 0 saturated carbocycles. The largest absolute Gasteiger partial charge is 0.471 e. The van der Waals surface area contributed by atoms with Gasteiger partial charge in [0.25, 0.3) is 5.91 Å². The number of carbonyl (C=O) groups is 1. The molecule has 1 aromatic carbocycles. The van der Waals surface area contributed by atoms with Gasteiger partial charge in [-0.05, 0) is 24.3 Å². The summed E-state index contributed by atoms with van der Waals surface area (Å²) in [5.41, 5.74) is 1.02. The number of nitrogens with zero attached hydrogens (tertiary/aromatic N) is 3. The summed E-state index contributed by atoms with van der Waals surface area (Å²) >= 11 is 0. The Morgan fingerprint density at radius 3 is 2.86 bits per heavy atom. The Kier molecular flexibility index (Phi) is 3.52. The van der Waals surface area contributed by atoms with Gasteiger partial charge in [0.15, 0.2) is 0 Å². The second kappa shape index (κ2) is 5.63. The Balaban J connectivity index is 1.58. The molecule has 1 aliphatic rings. The molecule has 2 heterocycles. The fraction of sp³-hybridized carbons (Fsp3) is 0.188. The highest BCUT2D eigenvalue weighted by Crippen LogP contribution is 2.18. The van der Waals surface area contributed by atoms with E-state index < -0.39 is 0 Å². The molecule has 5 nitrogen and oxygen atoms in total. The van der Waals surface area contributed by atoms with Crippen molar-refractivity contribution in [1.29, 1.82) is 5.26 Å². The average Bonchev–Trinajstić information content (AvgIpc) is 2.51. The minimum absolute atomic E-state index is 0.0250. The van der Waals surface area contributed by atoms with Crippen molar-refractivity contribution in [3.05, 3.63) is 59.8 Å². The molecule has 0 spiro atoms. The molecule has 0 radical (unpaired) electrons. The first kappa shape index (κ1) is 13.1. The van der Waals surface area contributed by atoms with Gasteiger partial charge in [-0.15, -0.1) is 0 Å². The molecule has 1 fully saturated rings. The summed E-state index contributed by atoms with van der Waals surface area (Å²) in [6, 6.07) is 14.2. The van der Waals surface area contributed by atoms with Crippen LogP contribution >= 0.6 is 0 Å². The zero-order valence-electron chi connectivity index (χ0n) is 11.3. The van der Waals surface area contributed by atoms with Crippen molar-refractivity contribution >= 4 is 5.91 Å². The first-order chi connectivity index (χ1) is 10.3. The second-order valence-electron chi connectivity index (χ2n) is 4.81. The van der Waals surface area contributed by atoms with E-state index in [1.54, 1.807) is 41.4 Å². The lowest BCUT2D eigenvalue weighted by Crippen LogP contribution is -2.56. The number of carbonyl (C=O) groups excluding carboxylic acids is 1. The molecule has 0 atom stereocenters. The van der Waals surface area contributed by atoms with Crippen LogP contribution in [0.3, 0.4) is 0 Å². The zero-order chi connectivity index (χ0) is 14.7. The first-order valence-corrected chi connectivity index (χ1v) is 6.63. The number of hydrogen-bond acceptors (Lipinski definition) is 4. The highest BCUT2D eigenvalue weighted by Gasteiger charge is 2.33. The van der Waals surface area contributed by atoms with Gasteiger partial charge in [-0.25, -0.2) is 4.98 Å². The van der Waals surface area contributed by atoms with Crippen LogP contribution in [0, 0.1) is 11.3 Å². The fourth-order valence-electron chi connectivity index (χ4n) is 2.17. The maximum Gasteiger partial charge on any atom is 0.254 e. The summed E-state index contributed by atoms with van der Waals surface area (Å²) in [5, 5.41) is 8.86. The number of benzene rings is 1. The number of amides is 1. The third-order valence-corrected chi connectivity index (χ3v) is 3.30. The minimum atomic E-state index is -0.0760. The Bertz CT molecular complexity index is 688. The molecule has 1 aliphatic heterocycles. The second-order valence-corrected chi connectivity index (χ2v) is 4.81. The summed E-state index contributed by atoms with van der Waals surface area (Å²) in [5.74, 6) is 0.494. The lowest BCUT2D eigenvalue weighted by atomic mass is 10.1. The molecule has 3 rings (SSSR count). The Labute approximate surface area is 122 Å². The summed E-state index contributed by atoms with van der Waals surface area (Å²) in [4.78, 5) is 18.0. The van der Waals surface area contributed by atoms with E-state index in [4.69, 9.17) is 10.00 Å². The summed E-state index contributed by atoms with van der Waals surface area (Å²) in [6.45, 7) is 1.07. The van der Waals surface area contributed by atoms with Crippen LogP contribution in [0.5, 0.6) is 5.88 Å². The molecule has 1 aromatic heterocycles. The molecule has 104 valence electrons. The SMILES string of the molecule is N#Cc1cccc(C(=O)N2CC(Oc3ccccn3)C2)c1. The molecule has 0 aliphatic carbocycles. The van der Waals surface area contributed by atoms with E-state index in [2.05, 4.69) is 4.98 Å². The van der Waals surface area contributed by atoms with Gasteiger partial charge in [0.05, 0.1) is 24.7 Å². The topological polar surface area (TPSA) is 66.2 Å². The molecule has 2 aromatic rings. The van der Waals surface area contributed by atoms with E-state index in [1.165, 1.54) is 0 Å². The number of ether oxygens (including phenoxy) is 1. The van der Waals surface area contributed by atoms with Crippen molar-refractivity contribution in [3.63, 3.8) is 0 Å². The van der Waals surface area contributed by atoms with Crippen LogP contribution in [0.25, 0.3) is 0 Å². The van der Waals surface area contributed by atoms with Gasteiger partial charge >= 0.3 is 0 Å². The summed E-state index contributed by atoms with van der Waals surface area (Å²) < 4.78 is 5.65. The molecule has 0 bridgehead atoms. The number of rotatable bonds is 3. The fourth-order valence-corrected chi connectivity index (χ4v) is 2.17. The maximum atomic E-state index is 12.2. The highest BCUT2D eigenvalue weighted by molar-refractivity contribution is 5.95. The molecule has 1 saturated heterocycles. The van der Waals surface area contributed by atoms with E-state index in [9.17, 15) is 4.79 Å². The van der Waals surface area contributed by atoms with Crippen molar-refractivity contribution in [2.24, 2.45) is 0 Å². The van der Waals surface area contributed by atoms with E-state index in [-0.39, 0.29) is 12.0 Å². The van der Waals surface area contributed by atoms with Gasteiger partial charge in [0.2, 0.25) is 5.88 Å². The maximum absolute atomic E-state index is 12.2. The summed E-state index contributed by atoms with van der Waals surface area (Å²) in [6.07, 6.45) is 1.65. The molecule has 0 unspecified atom stereocenters. The van der Waals surface area contributed by atoms with Gasteiger partial charge < -0.3 is 9.64 Å². The van der Waals surface area contributed by atoms with Crippen molar-refractivity contribution < 1.29 is 9.53 Å². The van der Waals surface area contributed by atoms with Crippen LogP contribution in [-0.4, -0.2) is 35.0 Å². The standard InChI is InChI=1S/C16H13N3O2/c17-9-12-4-3-5-13(8-12)16(20)19-10-14(11-19)21-15-6-1-2-7-18-15/h1-8,14H,10-11H2. The molecule has 0 N–H and O–H groups in total. The molecule has 21 heavy (non-hydrogen) atoms. The van der Waals surface area contributed by atoms with Crippen LogP contribution in [0.15, 0.2) is 48.7 Å². The number of hydrogen-bond donors (Lipinski definition) is 0. The van der Waals surface area contributed by atoms with Crippen molar-refractivity contribution in [3.8, 4) is 11.9 Å². The van der Waals surface area contributed by atoms with E-state index in [0.717, 1.165) is 0 Å². The number of likely N-dealkylation sites (tertiary alicyclic amines) is 1. The van der Waals surface area contributed by atoms with Crippen molar-refractivity contribution in [1.82, 2.24) is 9.88 Å². The molecule has 1 amide bonds. The third kappa shape index (κ3) is 2.84. The Hall–Kier alpha value is -2.87. The van der Waals surface area contributed by atoms with Crippen LogP contribution in [0.4, 0.5) is 0 Å². The van der Waals surface area contributed by atoms with Gasteiger partial charge in [-0.3, -0.25) is 4.79 Å². The quantitative estimate of drug-likeness (QED) is 0.860. The van der Waals surface area contributed by atoms with Crippen molar-refractivity contribution in [2.75, 3.05) is 13.1 Å². The molecule has 5 heteroatoms. The number of pyridine rings is 1. The number of aromatic nitrogens is 1. The lowest BCUT2D eigenvalue weighted by molar-refractivity contribution is 0.0160. The van der Waals surface area contributed by atoms with E-state index >= 15 is 0 Å². The average molecular weight is 279 g/mol. The van der Waals surface area contributed by atoms with E-state index in [1.807, 2.05) is 18.2 Å². The Morgan fingerprint density at radius 2 is 2.14 bits per heavy atom. The van der Waals surface area contributed by atoms with Crippen LogP contribution in [0.1, 0.15) is 15.9 Å². The summed E-state index contributed by atoms with van der Waals surface area (Å²) in [7, 11) is 0. The van der Waals surface area contributed by atoms with Crippen molar-refractivity contribution in [2.45, 2.75) is 6.10 Å². The van der Waals surface area contributed by atoms with Crippen LogP contribution in [0.2, 0.25) is 0 Å². The highest BCUT2D eigenvalue weighted by atomic mass is 16.5. The van der Waals surface area contributed by atoms with Gasteiger partial charge in [0, 0.05) is 17.8 Å². The smallest absolute Gasteiger partial charge is 0.254 e. The van der Waals surface area contributed by atoms with E-state index in [0.29, 0.717) is 30.1 Å². The predicted octanol–water partition coefficient (Wildman–Crippen LogP) is 1.86. The molecular formula is C16H13N3O2. The van der Waals surface area contributed by atoms with Gasteiger partial charge in [-0.2, -0.15) is 5.26 Å². The zero-order valence-corrected chi connectivity index (χ0v) is 11.3. The first-order valence-electron chi connectivity index (χ1n) is 6.63. The van der Waals surface area contributed by atoms with Crippen LogP contribution in [-0.2, 0) is 0 Å².